The van der Waals surface area contributed by atoms with Gasteiger partial charge in [-0.1, -0.05) is 26.0 Å². The van der Waals surface area contributed by atoms with Crippen LogP contribution in [0.25, 0.3) is 22.1 Å². The van der Waals surface area contributed by atoms with E-state index in [1.807, 2.05) is 38.1 Å². The molecule has 3 N–H and O–H groups in total. The summed E-state index contributed by atoms with van der Waals surface area (Å²) >= 11 is 0. The molecule has 5 rings (SSSR count). The van der Waals surface area contributed by atoms with Crippen molar-refractivity contribution in [2.45, 2.75) is 45.0 Å². The maximum Gasteiger partial charge on any atom is 0.360 e. The number of carbonyl (C=O) groups is 1. The number of nitrogens with one attached hydrogen (secondary N) is 1. The number of amides is 1. The van der Waals surface area contributed by atoms with E-state index in [0.717, 1.165) is 5.56 Å². The molecule has 1 amide bonds. The van der Waals surface area contributed by atoms with Crippen LogP contribution in [0.15, 0.2) is 69.9 Å². The Balaban J connectivity index is 1.43. The lowest BCUT2D eigenvalue weighted by atomic mass is 9.73. The summed E-state index contributed by atoms with van der Waals surface area (Å²) < 4.78 is 28.1. The SMILES string of the molecule is COc1cccc(-c2cc(C(=O)Nc3cc4ccc(OC5CC(C)(C)C[C@@H](O)[C@H]5O)c(OC)c4oc3=O)ccc2OC)c1. The Morgan fingerprint density at radius 3 is 2.42 bits per heavy atom. The average molecular weight is 590 g/mol. The van der Waals surface area contributed by atoms with Gasteiger partial charge >= 0.3 is 5.63 Å². The predicted molar refractivity (Wildman–Crippen MR) is 161 cm³/mol. The molecular formula is C33H35NO9. The lowest BCUT2D eigenvalue weighted by Crippen LogP contribution is -2.49. The summed E-state index contributed by atoms with van der Waals surface area (Å²) in [5, 5.41) is 24.0. The highest BCUT2D eigenvalue weighted by molar-refractivity contribution is 6.06. The van der Waals surface area contributed by atoms with Crippen molar-refractivity contribution in [3.63, 3.8) is 0 Å². The molecule has 1 saturated carbocycles. The molecule has 0 saturated heterocycles. The van der Waals surface area contributed by atoms with Crippen molar-refractivity contribution in [1.82, 2.24) is 0 Å². The Morgan fingerprint density at radius 2 is 1.70 bits per heavy atom. The van der Waals surface area contributed by atoms with E-state index in [1.54, 1.807) is 44.6 Å². The molecule has 3 aromatic carbocycles. The number of hydrogen-bond donors (Lipinski definition) is 3. The predicted octanol–water partition coefficient (Wildman–Crippen LogP) is 5.03. The summed E-state index contributed by atoms with van der Waals surface area (Å²) in [5.41, 5.74) is 0.807. The quantitative estimate of drug-likeness (QED) is 0.242. The Kier molecular flexibility index (Phi) is 8.34. The van der Waals surface area contributed by atoms with Crippen molar-refractivity contribution < 1.29 is 38.4 Å². The Hall–Kier alpha value is -4.54. The number of ether oxygens (including phenoxy) is 4. The number of aliphatic hydroxyl groups excluding tert-OH is 2. The molecule has 4 aromatic rings. The third-order valence-electron chi connectivity index (χ3n) is 7.68. The van der Waals surface area contributed by atoms with Crippen LogP contribution in [0.3, 0.4) is 0 Å². The van der Waals surface area contributed by atoms with Gasteiger partial charge in [0.25, 0.3) is 5.91 Å². The number of carbonyl (C=O) groups excluding carboxylic acids is 1. The van der Waals surface area contributed by atoms with Gasteiger partial charge < -0.3 is 38.9 Å². The molecule has 0 radical (unpaired) electrons. The van der Waals surface area contributed by atoms with Gasteiger partial charge in [0, 0.05) is 16.5 Å². The highest BCUT2D eigenvalue weighted by atomic mass is 16.5. The summed E-state index contributed by atoms with van der Waals surface area (Å²) in [7, 11) is 4.54. The van der Waals surface area contributed by atoms with Gasteiger partial charge in [0.2, 0.25) is 5.75 Å². The van der Waals surface area contributed by atoms with Gasteiger partial charge in [-0.15, -0.1) is 0 Å². The second kappa shape index (κ2) is 12.0. The fourth-order valence-corrected chi connectivity index (χ4v) is 5.53. The number of hydrogen-bond acceptors (Lipinski definition) is 9. The van der Waals surface area contributed by atoms with E-state index in [9.17, 15) is 19.8 Å². The molecule has 1 aromatic heterocycles. The van der Waals surface area contributed by atoms with Crippen LogP contribution in [0.4, 0.5) is 5.69 Å². The minimum absolute atomic E-state index is 0.0560. The number of fused-ring (bicyclic) bond motifs is 1. The van der Waals surface area contributed by atoms with E-state index < -0.39 is 29.8 Å². The van der Waals surface area contributed by atoms with E-state index in [1.165, 1.54) is 13.2 Å². The van der Waals surface area contributed by atoms with E-state index in [2.05, 4.69) is 5.32 Å². The first kappa shape index (κ1) is 29.9. The number of benzene rings is 3. The van der Waals surface area contributed by atoms with Gasteiger partial charge in [-0.2, -0.15) is 0 Å². The second-order valence-electron chi connectivity index (χ2n) is 11.4. The lowest BCUT2D eigenvalue weighted by molar-refractivity contribution is -0.107. The smallest absolute Gasteiger partial charge is 0.360 e. The molecule has 0 bridgehead atoms. The van der Waals surface area contributed by atoms with Gasteiger partial charge in [-0.25, -0.2) is 4.79 Å². The summed E-state index contributed by atoms with van der Waals surface area (Å²) in [6, 6.07) is 17.1. The standard InChI is InChI=1S/C33H35NO9/c1-33(2)16-24(35)28(36)27(17-33)42-26-12-9-19-15-23(32(38)43-29(19)30(26)41-5)34-31(37)20-10-11-25(40-4)22(14-20)18-7-6-8-21(13-18)39-3/h6-15,24,27-28,35-36H,16-17H2,1-5H3,(H,34,37)/t24-,27?,28-/m1/s1. The number of aliphatic hydroxyl groups is 2. The van der Waals surface area contributed by atoms with Crippen molar-refractivity contribution in [3.05, 3.63) is 76.6 Å². The Labute approximate surface area is 248 Å². The van der Waals surface area contributed by atoms with Crippen LogP contribution in [0.1, 0.15) is 37.0 Å². The second-order valence-corrected chi connectivity index (χ2v) is 11.4. The van der Waals surface area contributed by atoms with Crippen molar-refractivity contribution in [3.8, 4) is 34.1 Å². The Bertz CT molecular complexity index is 1710. The average Bonchev–Trinajstić information content (AvgIpc) is 2.99. The van der Waals surface area contributed by atoms with E-state index in [0.29, 0.717) is 40.9 Å². The zero-order valence-corrected chi connectivity index (χ0v) is 24.7. The lowest BCUT2D eigenvalue weighted by Gasteiger charge is -2.41. The fraction of sp³-hybridized carbons (Fsp3) is 0.333. The van der Waals surface area contributed by atoms with Crippen molar-refractivity contribution >= 4 is 22.6 Å². The topological polar surface area (TPSA) is 137 Å². The van der Waals surface area contributed by atoms with Crippen LogP contribution in [-0.2, 0) is 0 Å². The summed E-state index contributed by atoms with van der Waals surface area (Å²) in [4.78, 5) is 26.3. The molecule has 10 nitrogen and oxygen atoms in total. The van der Waals surface area contributed by atoms with Gasteiger partial charge in [-0.05, 0) is 72.4 Å². The summed E-state index contributed by atoms with van der Waals surface area (Å²) in [5.74, 6) is 1.13. The highest BCUT2D eigenvalue weighted by Gasteiger charge is 2.41. The maximum absolute atomic E-state index is 13.3. The number of rotatable bonds is 8. The molecule has 43 heavy (non-hydrogen) atoms. The molecule has 3 atom stereocenters. The molecule has 1 fully saturated rings. The van der Waals surface area contributed by atoms with Crippen LogP contribution >= 0.6 is 0 Å². The molecular weight excluding hydrogens is 554 g/mol. The minimum atomic E-state index is -1.08. The summed E-state index contributed by atoms with van der Waals surface area (Å²) in [6.07, 6.45) is -1.75. The molecule has 1 aliphatic carbocycles. The van der Waals surface area contributed by atoms with Crippen molar-refractivity contribution in [2.75, 3.05) is 26.6 Å². The van der Waals surface area contributed by atoms with Gasteiger partial charge in [0.05, 0.1) is 27.4 Å². The molecule has 1 unspecified atom stereocenters. The molecule has 226 valence electrons. The van der Waals surface area contributed by atoms with E-state index in [-0.39, 0.29) is 28.2 Å². The van der Waals surface area contributed by atoms with Crippen LogP contribution in [-0.4, -0.2) is 55.8 Å². The fourth-order valence-electron chi connectivity index (χ4n) is 5.53. The monoisotopic (exact) mass is 589 g/mol. The van der Waals surface area contributed by atoms with Crippen molar-refractivity contribution in [2.24, 2.45) is 5.41 Å². The highest BCUT2D eigenvalue weighted by Crippen LogP contribution is 2.41. The zero-order chi connectivity index (χ0) is 30.9. The molecule has 0 aliphatic heterocycles. The Morgan fingerprint density at radius 1 is 0.930 bits per heavy atom. The third-order valence-corrected chi connectivity index (χ3v) is 7.68. The zero-order valence-electron chi connectivity index (χ0n) is 24.7. The van der Waals surface area contributed by atoms with Gasteiger partial charge in [0.1, 0.15) is 29.4 Å². The normalized spacial score (nSPS) is 19.5. The molecule has 10 heteroatoms. The molecule has 0 spiro atoms. The minimum Gasteiger partial charge on any atom is -0.497 e. The van der Waals surface area contributed by atoms with E-state index in [4.69, 9.17) is 23.4 Å². The number of anilines is 1. The van der Waals surface area contributed by atoms with Crippen LogP contribution in [0, 0.1) is 5.41 Å². The summed E-state index contributed by atoms with van der Waals surface area (Å²) in [6.45, 7) is 3.99. The molecule has 1 heterocycles. The maximum atomic E-state index is 13.3. The van der Waals surface area contributed by atoms with Crippen LogP contribution in [0.2, 0.25) is 0 Å². The first-order valence-electron chi connectivity index (χ1n) is 13.8. The van der Waals surface area contributed by atoms with Crippen LogP contribution in [0.5, 0.6) is 23.0 Å². The number of methoxy groups -OCH3 is 3. The van der Waals surface area contributed by atoms with Crippen LogP contribution < -0.4 is 29.9 Å². The van der Waals surface area contributed by atoms with Crippen molar-refractivity contribution in [1.29, 1.82) is 0 Å². The first-order valence-corrected chi connectivity index (χ1v) is 13.8. The first-order chi connectivity index (χ1) is 20.5. The van der Waals surface area contributed by atoms with Gasteiger partial charge in [0.15, 0.2) is 11.3 Å². The third kappa shape index (κ3) is 6.16. The largest absolute Gasteiger partial charge is 0.497 e. The van der Waals surface area contributed by atoms with Gasteiger partial charge in [-0.3, -0.25) is 4.79 Å². The molecule has 1 aliphatic rings. The van der Waals surface area contributed by atoms with E-state index >= 15 is 0 Å².